The molecule has 0 aliphatic heterocycles. The monoisotopic (exact) mass is 609 g/mol. The third-order valence-corrected chi connectivity index (χ3v) is 9.12. The molecule has 2 aromatic carbocycles. The van der Waals surface area contributed by atoms with E-state index in [1.807, 2.05) is 19.1 Å². The van der Waals surface area contributed by atoms with Crippen molar-refractivity contribution in [1.82, 2.24) is 10.2 Å². The largest absolute Gasteiger partial charge is 0.352 e. The van der Waals surface area contributed by atoms with E-state index >= 15 is 0 Å². The summed E-state index contributed by atoms with van der Waals surface area (Å²) in [6, 6.07) is 11.4. The fourth-order valence-electron chi connectivity index (χ4n) is 5.04. The second-order valence-electron chi connectivity index (χ2n) is 11.6. The van der Waals surface area contributed by atoms with Crippen molar-refractivity contribution in [2.45, 2.75) is 90.3 Å². The molecule has 0 spiro atoms. The van der Waals surface area contributed by atoms with Crippen molar-refractivity contribution in [2.24, 2.45) is 0 Å². The average Bonchev–Trinajstić information content (AvgIpc) is 2.87. The van der Waals surface area contributed by atoms with Gasteiger partial charge in [-0.15, -0.1) is 0 Å². The summed E-state index contributed by atoms with van der Waals surface area (Å²) in [5.41, 5.74) is 1.93. The van der Waals surface area contributed by atoms with E-state index in [-0.39, 0.29) is 23.9 Å². The summed E-state index contributed by atoms with van der Waals surface area (Å²) < 4.78 is 26.9. The highest BCUT2D eigenvalue weighted by molar-refractivity contribution is 7.92. The molecule has 2 aromatic rings. The van der Waals surface area contributed by atoms with Crippen LogP contribution in [0.3, 0.4) is 0 Å². The molecule has 7 nitrogen and oxygen atoms in total. The molecule has 1 aliphatic rings. The van der Waals surface area contributed by atoms with E-state index in [0.29, 0.717) is 27.7 Å². The fraction of sp³-hybridized carbons (Fsp3) is 0.533. The number of nitrogens with one attached hydrogen (secondary N) is 1. The number of carbonyl (C=O) groups is 2. The summed E-state index contributed by atoms with van der Waals surface area (Å²) in [4.78, 5) is 28.9. The van der Waals surface area contributed by atoms with Crippen LogP contribution in [0.4, 0.5) is 5.69 Å². The molecule has 1 fully saturated rings. The maximum atomic E-state index is 14.0. The normalized spacial score (nSPS) is 15.4. The van der Waals surface area contributed by atoms with Gasteiger partial charge in [0.2, 0.25) is 21.8 Å². The molecule has 0 saturated heterocycles. The standard InChI is InChI=1S/C30H41Cl2N3O4S/c1-6-27(29(37)33-24-10-8-7-9-11-24)34(19-21-12-15-23(31)18-26(21)32)28(36)20-35(40(5,38)39)25-16-13-22(14-17-25)30(2,3)4/h12-18,24,27H,6-11,19-20H2,1-5H3,(H,33,37). The first kappa shape index (κ1) is 32.2. The summed E-state index contributed by atoms with van der Waals surface area (Å²) >= 11 is 12.5. The second-order valence-corrected chi connectivity index (χ2v) is 14.3. The molecule has 220 valence electrons. The Bertz CT molecular complexity index is 1290. The van der Waals surface area contributed by atoms with Crippen molar-refractivity contribution >= 4 is 50.7 Å². The molecule has 2 amide bonds. The third-order valence-electron chi connectivity index (χ3n) is 7.39. The first-order valence-corrected chi connectivity index (χ1v) is 16.4. The number of carbonyl (C=O) groups excluding carboxylic acids is 2. The third kappa shape index (κ3) is 8.60. The van der Waals surface area contributed by atoms with Gasteiger partial charge < -0.3 is 10.2 Å². The van der Waals surface area contributed by atoms with Crippen LogP contribution in [0.2, 0.25) is 10.0 Å². The summed E-state index contributed by atoms with van der Waals surface area (Å²) in [7, 11) is -3.82. The predicted octanol–water partition coefficient (Wildman–Crippen LogP) is 6.31. The highest BCUT2D eigenvalue weighted by Gasteiger charge is 2.33. The number of hydrogen-bond donors (Lipinski definition) is 1. The molecule has 1 saturated carbocycles. The zero-order valence-corrected chi connectivity index (χ0v) is 26.4. The lowest BCUT2D eigenvalue weighted by molar-refractivity contribution is -0.140. The quantitative estimate of drug-likeness (QED) is 0.342. The Morgan fingerprint density at radius 1 is 1.02 bits per heavy atom. The van der Waals surface area contributed by atoms with Gasteiger partial charge in [0.05, 0.1) is 11.9 Å². The van der Waals surface area contributed by atoms with Crippen LogP contribution in [-0.2, 0) is 31.6 Å². The number of halogens is 2. The van der Waals surface area contributed by atoms with Gasteiger partial charge in [0.1, 0.15) is 12.6 Å². The number of rotatable bonds is 10. The van der Waals surface area contributed by atoms with Gasteiger partial charge in [-0.25, -0.2) is 8.42 Å². The highest BCUT2D eigenvalue weighted by Crippen LogP contribution is 2.28. The van der Waals surface area contributed by atoms with Crippen LogP contribution < -0.4 is 9.62 Å². The van der Waals surface area contributed by atoms with Gasteiger partial charge in [-0.2, -0.15) is 0 Å². The first-order valence-electron chi connectivity index (χ1n) is 13.8. The van der Waals surface area contributed by atoms with Gasteiger partial charge in [-0.3, -0.25) is 13.9 Å². The zero-order chi connectivity index (χ0) is 29.7. The van der Waals surface area contributed by atoms with E-state index in [0.717, 1.165) is 48.2 Å². The van der Waals surface area contributed by atoms with Gasteiger partial charge >= 0.3 is 0 Å². The second kappa shape index (κ2) is 13.6. The maximum absolute atomic E-state index is 14.0. The smallest absolute Gasteiger partial charge is 0.244 e. The minimum absolute atomic E-state index is 0.0337. The fourth-order valence-corrected chi connectivity index (χ4v) is 6.36. The Labute approximate surface area is 249 Å². The van der Waals surface area contributed by atoms with E-state index in [2.05, 4.69) is 26.1 Å². The molecule has 0 aromatic heterocycles. The number of amides is 2. The molecule has 1 N–H and O–H groups in total. The van der Waals surface area contributed by atoms with Crippen molar-refractivity contribution in [3.63, 3.8) is 0 Å². The van der Waals surface area contributed by atoms with Crippen molar-refractivity contribution in [1.29, 1.82) is 0 Å². The van der Waals surface area contributed by atoms with Crippen molar-refractivity contribution in [3.8, 4) is 0 Å². The lowest BCUT2D eigenvalue weighted by atomic mass is 9.87. The van der Waals surface area contributed by atoms with Crippen LogP contribution in [0.25, 0.3) is 0 Å². The Hall–Kier alpha value is -2.29. The van der Waals surface area contributed by atoms with Crippen LogP contribution in [-0.4, -0.2) is 50.0 Å². The molecule has 10 heteroatoms. The molecule has 0 heterocycles. The van der Waals surface area contributed by atoms with Crippen molar-refractivity contribution < 1.29 is 18.0 Å². The van der Waals surface area contributed by atoms with Crippen molar-refractivity contribution in [3.05, 3.63) is 63.6 Å². The topological polar surface area (TPSA) is 86.8 Å². The van der Waals surface area contributed by atoms with Crippen LogP contribution in [0.5, 0.6) is 0 Å². The minimum atomic E-state index is -3.82. The number of sulfonamides is 1. The summed E-state index contributed by atoms with van der Waals surface area (Å²) in [6.07, 6.45) is 6.52. The van der Waals surface area contributed by atoms with E-state index in [9.17, 15) is 18.0 Å². The van der Waals surface area contributed by atoms with E-state index in [1.54, 1.807) is 30.3 Å². The molecule has 1 unspecified atom stereocenters. The van der Waals surface area contributed by atoms with Gasteiger partial charge in [-0.05, 0) is 60.1 Å². The van der Waals surface area contributed by atoms with Crippen LogP contribution >= 0.6 is 23.2 Å². The lowest BCUT2D eigenvalue weighted by Gasteiger charge is -2.34. The number of hydrogen-bond acceptors (Lipinski definition) is 4. The van der Waals surface area contributed by atoms with Crippen LogP contribution in [0.15, 0.2) is 42.5 Å². The van der Waals surface area contributed by atoms with Gasteiger partial charge in [0.15, 0.2) is 0 Å². The van der Waals surface area contributed by atoms with Crippen LogP contribution in [0.1, 0.15) is 77.3 Å². The molecular formula is C30H41Cl2N3O4S. The number of nitrogens with zero attached hydrogens (tertiary/aromatic N) is 2. The van der Waals surface area contributed by atoms with Crippen molar-refractivity contribution in [2.75, 3.05) is 17.1 Å². The predicted molar refractivity (Wildman–Crippen MR) is 163 cm³/mol. The number of anilines is 1. The zero-order valence-electron chi connectivity index (χ0n) is 24.0. The highest BCUT2D eigenvalue weighted by atomic mass is 35.5. The van der Waals surface area contributed by atoms with Crippen LogP contribution in [0, 0.1) is 0 Å². The SMILES string of the molecule is CCC(C(=O)NC1CCCCC1)N(Cc1ccc(Cl)cc1Cl)C(=O)CN(c1ccc(C(C)(C)C)cc1)S(C)(=O)=O. The molecule has 1 atom stereocenters. The summed E-state index contributed by atoms with van der Waals surface area (Å²) in [5, 5.41) is 3.95. The number of benzene rings is 2. The van der Waals surface area contributed by atoms with E-state index < -0.39 is 28.5 Å². The maximum Gasteiger partial charge on any atom is 0.244 e. The molecule has 1 aliphatic carbocycles. The molecule has 0 bridgehead atoms. The Morgan fingerprint density at radius 2 is 1.65 bits per heavy atom. The van der Waals surface area contributed by atoms with Gasteiger partial charge in [0, 0.05) is 22.6 Å². The Morgan fingerprint density at radius 3 is 2.17 bits per heavy atom. The minimum Gasteiger partial charge on any atom is -0.352 e. The molecule has 0 radical (unpaired) electrons. The summed E-state index contributed by atoms with van der Waals surface area (Å²) in [6.45, 7) is 7.64. The van der Waals surface area contributed by atoms with E-state index in [4.69, 9.17) is 23.2 Å². The summed E-state index contributed by atoms with van der Waals surface area (Å²) in [5.74, 6) is -0.741. The Balaban J connectivity index is 1.94. The molecule has 3 rings (SSSR count). The van der Waals surface area contributed by atoms with Gasteiger partial charge in [-0.1, -0.05) is 88.4 Å². The van der Waals surface area contributed by atoms with Gasteiger partial charge in [0.25, 0.3) is 0 Å². The average molecular weight is 611 g/mol. The molecule has 40 heavy (non-hydrogen) atoms. The first-order chi connectivity index (χ1) is 18.7. The van der Waals surface area contributed by atoms with E-state index in [1.165, 1.54) is 4.90 Å². The molecular weight excluding hydrogens is 569 g/mol. The Kier molecular flexibility index (Phi) is 10.9. The lowest BCUT2D eigenvalue weighted by Crippen LogP contribution is -2.54.